The van der Waals surface area contributed by atoms with E-state index in [9.17, 15) is 0 Å². The monoisotopic (exact) mass is 569 g/mol. The Bertz CT molecular complexity index is 1630. The second kappa shape index (κ2) is 9.38. The average Bonchev–Trinajstić information content (AvgIpc) is 3.48. The Balaban J connectivity index is 1.42. The lowest BCUT2D eigenvalue weighted by atomic mass is 9.63. The Morgan fingerprint density at radius 3 is 1.65 bits per heavy atom. The van der Waals surface area contributed by atoms with Gasteiger partial charge < -0.3 is 18.6 Å². The zero-order chi connectivity index (χ0) is 30.4. The molecule has 4 nitrogen and oxygen atoms in total. The Morgan fingerprint density at radius 2 is 1.09 bits per heavy atom. The topological polar surface area (TPSA) is 36.9 Å². The molecule has 0 spiro atoms. The normalized spacial score (nSPS) is 23.3. The first kappa shape index (κ1) is 28.5. The molecule has 4 aliphatic rings. The molecule has 0 unspecified atom stereocenters. The maximum atomic E-state index is 6.51. The number of allylic oxidation sites excluding steroid dienone is 6. The van der Waals surface area contributed by atoms with E-state index >= 15 is 0 Å². The standard InChI is InChI=1S/C37H39B2O4/c1-33(2)34(3,4)41-38(40-33)27-17-13-15-25(23-27)37(31-21-11-9-19-29(31)30-20-10-12-22-32(30)37)26-16-14-18-28(24-26)39-42-35(5,6)36(7,8)43-39/h9-13,15-24H,1-8H3/q+1. The molecule has 3 aromatic rings. The van der Waals surface area contributed by atoms with E-state index in [1.807, 2.05) is 6.08 Å². The summed E-state index contributed by atoms with van der Waals surface area (Å²) in [5, 5.41) is 0. The molecule has 43 heavy (non-hydrogen) atoms. The largest absolute Gasteiger partial charge is 0.576 e. The van der Waals surface area contributed by atoms with Gasteiger partial charge in [-0.05, 0) is 88.7 Å². The summed E-state index contributed by atoms with van der Waals surface area (Å²) in [5.74, 6) is 0. The molecule has 216 valence electrons. The number of rotatable bonds is 4. The molecule has 3 aromatic carbocycles. The Morgan fingerprint density at radius 1 is 0.581 bits per heavy atom. The van der Waals surface area contributed by atoms with Gasteiger partial charge in [0.1, 0.15) is 11.5 Å². The van der Waals surface area contributed by atoms with E-state index in [0.717, 1.165) is 22.1 Å². The van der Waals surface area contributed by atoms with Crippen molar-refractivity contribution in [3.05, 3.63) is 125 Å². The molecule has 0 aromatic heterocycles. The molecule has 6 heteroatoms. The van der Waals surface area contributed by atoms with Gasteiger partial charge in [0.2, 0.25) is 0 Å². The Kier molecular flexibility index (Phi) is 6.22. The second-order valence-electron chi connectivity index (χ2n) is 14.2. The molecule has 2 aliphatic heterocycles. The number of benzene rings is 3. The van der Waals surface area contributed by atoms with Crippen LogP contribution >= 0.6 is 0 Å². The highest BCUT2D eigenvalue weighted by atomic mass is 16.7. The van der Waals surface area contributed by atoms with E-state index in [4.69, 9.17) is 18.6 Å². The van der Waals surface area contributed by atoms with E-state index in [1.165, 1.54) is 22.3 Å². The minimum absolute atomic E-state index is 0.427. The van der Waals surface area contributed by atoms with Crippen LogP contribution in [0.5, 0.6) is 0 Å². The quantitative estimate of drug-likeness (QED) is 0.247. The first-order valence-corrected chi connectivity index (χ1v) is 15.3. The van der Waals surface area contributed by atoms with Crippen molar-refractivity contribution in [1.29, 1.82) is 0 Å². The molecule has 0 atom stereocenters. The van der Waals surface area contributed by atoms with E-state index in [1.54, 1.807) is 0 Å². The van der Waals surface area contributed by atoms with Crippen molar-refractivity contribution in [2.45, 2.75) is 83.2 Å². The molecular weight excluding hydrogens is 530 g/mol. The van der Waals surface area contributed by atoms with Gasteiger partial charge in [0.05, 0.1) is 39.5 Å². The van der Waals surface area contributed by atoms with E-state index in [2.05, 4.69) is 146 Å². The van der Waals surface area contributed by atoms with Gasteiger partial charge in [-0.1, -0.05) is 72.8 Å². The summed E-state index contributed by atoms with van der Waals surface area (Å²) in [6.45, 7) is 16.7. The molecule has 2 aliphatic carbocycles. The van der Waals surface area contributed by atoms with Gasteiger partial charge in [0.15, 0.2) is 0 Å². The van der Waals surface area contributed by atoms with Crippen molar-refractivity contribution in [3.8, 4) is 11.1 Å². The first-order valence-electron chi connectivity index (χ1n) is 15.3. The van der Waals surface area contributed by atoms with Crippen LogP contribution in [0.15, 0.2) is 102 Å². The van der Waals surface area contributed by atoms with Crippen LogP contribution < -0.4 is 5.46 Å². The van der Waals surface area contributed by atoms with Gasteiger partial charge >= 0.3 is 14.2 Å². The van der Waals surface area contributed by atoms with Gasteiger partial charge in [0.25, 0.3) is 0 Å². The summed E-state index contributed by atoms with van der Waals surface area (Å²) in [7, 11) is -0.947. The highest BCUT2D eigenvalue weighted by Crippen LogP contribution is 2.57. The fraction of sp³-hybridized carbons (Fsp3) is 0.351. The van der Waals surface area contributed by atoms with Crippen molar-refractivity contribution in [3.63, 3.8) is 0 Å². The molecule has 2 fully saturated rings. The predicted molar refractivity (Wildman–Crippen MR) is 174 cm³/mol. The molecule has 0 radical (unpaired) electrons. The Labute approximate surface area is 257 Å². The molecule has 2 heterocycles. The van der Waals surface area contributed by atoms with Crippen molar-refractivity contribution in [2.75, 3.05) is 0 Å². The highest BCUT2D eigenvalue weighted by molar-refractivity contribution is 6.62. The molecule has 7 rings (SSSR count). The van der Waals surface area contributed by atoms with Crippen LogP contribution in [0, 0.1) is 6.08 Å². The van der Waals surface area contributed by atoms with E-state index < -0.39 is 42.1 Å². The highest BCUT2D eigenvalue weighted by Gasteiger charge is 2.57. The summed E-state index contributed by atoms with van der Waals surface area (Å²) < 4.78 is 26.0. The number of hydrogen-bond acceptors (Lipinski definition) is 4. The van der Waals surface area contributed by atoms with Crippen LogP contribution in [0.1, 0.15) is 72.1 Å². The van der Waals surface area contributed by atoms with Crippen LogP contribution in [0.3, 0.4) is 0 Å². The van der Waals surface area contributed by atoms with Crippen LogP contribution in [-0.2, 0) is 24.0 Å². The van der Waals surface area contributed by atoms with E-state index in [-0.39, 0.29) is 0 Å². The smallest absolute Gasteiger partial charge is 0.399 e. The summed E-state index contributed by atoms with van der Waals surface area (Å²) in [6, 6.07) is 26.2. The van der Waals surface area contributed by atoms with Crippen LogP contribution in [0.2, 0.25) is 0 Å². The number of fused-ring (bicyclic) bond motifs is 3. The summed E-state index contributed by atoms with van der Waals surface area (Å²) in [4.78, 5) is 0. The summed E-state index contributed by atoms with van der Waals surface area (Å²) in [6.07, 6.45) is 9.84. The molecular formula is C37H39B2O4+. The lowest BCUT2D eigenvalue weighted by Gasteiger charge is -2.32. The van der Waals surface area contributed by atoms with E-state index in [0.29, 0.717) is 0 Å². The number of hydrogen-bond donors (Lipinski definition) is 0. The van der Waals surface area contributed by atoms with Crippen molar-refractivity contribution in [1.82, 2.24) is 0 Å². The molecule has 0 amide bonds. The van der Waals surface area contributed by atoms with Crippen molar-refractivity contribution in [2.24, 2.45) is 0 Å². The zero-order valence-corrected chi connectivity index (χ0v) is 26.4. The van der Waals surface area contributed by atoms with Gasteiger partial charge in [0, 0.05) is 12.2 Å². The fourth-order valence-corrected chi connectivity index (χ4v) is 6.74. The third kappa shape index (κ3) is 4.12. The van der Waals surface area contributed by atoms with Crippen LogP contribution in [0.4, 0.5) is 0 Å². The van der Waals surface area contributed by atoms with Crippen molar-refractivity contribution < 1.29 is 18.6 Å². The van der Waals surface area contributed by atoms with Gasteiger partial charge in [-0.3, -0.25) is 0 Å². The van der Waals surface area contributed by atoms with Crippen molar-refractivity contribution >= 4 is 19.7 Å². The maximum absolute atomic E-state index is 6.51. The second-order valence-corrected chi connectivity index (χ2v) is 14.2. The first-order chi connectivity index (χ1) is 20.3. The van der Waals surface area contributed by atoms with Crippen LogP contribution in [0.25, 0.3) is 11.1 Å². The summed E-state index contributed by atoms with van der Waals surface area (Å²) in [5.41, 5.74) is 6.85. The van der Waals surface area contributed by atoms with Crippen LogP contribution in [-0.4, -0.2) is 36.6 Å². The SMILES string of the molecule is CC1(C)OB(C2=CC(C3(c4cccc(B5OC(C)(C)C(C)(C)O5)c4)c4ccccc4-c4ccccc43)=C[C+]=C2)OC1(C)C. The Hall–Kier alpha value is -3.24. The molecule has 0 N–H and O–H groups in total. The third-order valence-electron chi connectivity index (χ3n) is 10.6. The maximum Gasteiger partial charge on any atom is 0.576 e. The van der Waals surface area contributed by atoms with Gasteiger partial charge in [-0.2, -0.15) is 0 Å². The van der Waals surface area contributed by atoms with Gasteiger partial charge in [-0.15, -0.1) is 0 Å². The lowest BCUT2D eigenvalue weighted by Crippen LogP contribution is -2.41. The predicted octanol–water partition coefficient (Wildman–Crippen LogP) is 7.16. The lowest BCUT2D eigenvalue weighted by molar-refractivity contribution is 0.00578. The average molecular weight is 569 g/mol. The van der Waals surface area contributed by atoms with Gasteiger partial charge in [-0.25, -0.2) is 0 Å². The fourth-order valence-electron chi connectivity index (χ4n) is 6.74. The minimum atomic E-state index is -0.594. The third-order valence-corrected chi connectivity index (χ3v) is 10.6. The molecule has 0 saturated carbocycles. The molecule has 2 saturated heterocycles. The molecule has 0 bridgehead atoms. The zero-order valence-electron chi connectivity index (χ0n) is 26.4. The minimum Gasteiger partial charge on any atom is -0.399 e. The summed E-state index contributed by atoms with van der Waals surface area (Å²) >= 11 is 0.